The minimum absolute atomic E-state index is 0.160. The van der Waals surface area contributed by atoms with Gasteiger partial charge in [0.15, 0.2) is 5.13 Å². The number of aliphatic carboxylic acids is 1. The number of nitrogens with one attached hydrogen (secondary N) is 1. The Morgan fingerprint density at radius 3 is 2.71 bits per heavy atom. The number of hydrogen-bond donors (Lipinski definition) is 2. The van der Waals surface area contributed by atoms with Crippen molar-refractivity contribution in [3.8, 4) is 0 Å². The van der Waals surface area contributed by atoms with Crippen molar-refractivity contribution in [2.45, 2.75) is 6.42 Å². The molecule has 0 saturated carbocycles. The van der Waals surface area contributed by atoms with Crippen molar-refractivity contribution in [3.05, 3.63) is 52.0 Å². The summed E-state index contributed by atoms with van der Waals surface area (Å²) in [4.78, 5) is 26.3. The van der Waals surface area contributed by atoms with Crippen molar-refractivity contribution in [2.24, 2.45) is 0 Å². The second-order valence-corrected chi connectivity index (χ2v) is 5.38. The van der Waals surface area contributed by atoms with Gasteiger partial charge in [-0.15, -0.1) is 11.3 Å². The predicted octanol–water partition coefficient (Wildman–Crippen LogP) is 3.08. The van der Waals surface area contributed by atoms with Gasteiger partial charge in [-0.05, 0) is 23.8 Å². The molecular weight excluding hydrogens is 312 g/mol. The number of thiazole rings is 1. The highest BCUT2D eigenvalue weighted by Crippen LogP contribution is 2.16. The van der Waals surface area contributed by atoms with Crippen molar-refractivity contribution in [2.75, 3.05) is 5.32 Å². The van der Waals surface area contributed by atoms with Crippen LogP contribution in [-0.4, -0.2) is 22.0 Å². The first-order valence-corrected chi connectivity index (χ1v) is 7.19. The van der Waals surface area contributed by atoms with Gasteiger partial charge in [0.25, 0.3) is 0 Å². The minimum atomic E-state index is -0.958. The lowest BCUT2D eigenvalue weighted by molar-refractivity contribution is -0.136. The van der Waals surface area contributed by atoms with E-state index in [4.69, 9.17) is 16.7 Å². The third-order valence-electron chi connectivity index (χ3n) is 2.41. The normalized spacial score (nSPS) is 10.7. The number of carboxylic acid groups (broad SMARTS) is 1. The maximum Gasteiger partial charge on any atom is 0.309 e. The molecule has 1 aromatic carbocycles. The van der Waals surface area contributed by atoms with E-state index in [0.717, 1.165) is 5.56 Å². The lowest BCUT2D eigenvalue weighted by Crippen LogP contribution is -2.08. The van der Waals surface area contributed by atoms with E-state index < -0.39 is 5.97 Å². The molecule has 108 valence electrons. The molecule has 0 aliphatic heterocycles. The van der Waals surface area contributed by atoms with Crippen LogP contribution >= 0.6 is 22.9 Å². The molecule has 0 atom stereocenters. The minimum Gasteiger partial charge on any atom is -0.481 e. The Balaban J connectivity index is 1.93. The van der Waals surface area contributed by atoms with E-state index in [9.17, 15) is 9.59 Å². The number of carbonyl (C=O) groups excluding carboxylic acids is 1. The first kappa shape index (κ1) is 15.2. The van der Waals surface area contributed by atoms with Crippen LogP contribution in [0.5, 0.6) is 0 Å². The summed E-state index contributed by atoms with van der Waals surface area (Å²) in [6.07, 6.45) is 2.87. The smallest absolute Gasteiger partial charge is 0.309 e. The number of carboxylic acids is 1. The number of amides is 1. The van der Waals surface area contributed by atoms with Crippen LogP contribution in [-0.2, 0) is 16.0 Å². The summed E-state index contributed by atoms with van der Waals surface area (Å²) < 4.78 is 0. The summed E-state index contributed by atoms with van der Waals surface area (Å²) in [5, 5.41) is 13.8. The lowest BCUT2D eigenvalue weighted by atomic mass is 10.2. The molecule has 0 bridgehead atoms. The van der Waals surface area contributed by atoms with Gasteiger partial charge in [-0.25, -0.2) is 4.98 Å². The molecule has 7 heteroatoms. The molecule has 0 saturated heterocycles. The molecular formula is C14H11ClN2O3S. The van der Waals surface area contributed by atoms with Crippen LogP contribution in [0.3, 0.4) is 0 Å². The first-order chi connectivity index (χ1) is 10.0. The van der Waals surface area contributed by atoms with Gasteiger partial charge in [0.2, 0.25) is 5.91 Å². The third kappa shape index (κ3) is 5.02. The van der Waals surface area contributed by atoms with Gasteiger partial charge >= 0.3 is 5.97 Å². The highest BCUT2D eigenvalue weighted by Gasteiger charge is 2.07. The molecule has 2 N–H and O–H groups in total. The molecule has 0 radical (unpaired) electrons. The van der Waals surface area contributed by atoms with Crippen LogP contribution < -0.4 is 5.32 Å². The Morgan fingerprint density at radius 1 is 1.33 bits per heavy atom. The topological polar surface area (TPSA) is 79.3 Å². The van der Waals surface area contributed by atoms with Crippen molar-refractivity contribution in [1.29, 1.82) is 0 Å². The van der Waals surface area contributed by atoms with Crippen LogP contribution in [0.1, 0.15) is 11.3 Å². The number of halogens is 1. The molecule has 0 fully saturated rings. The van der Waals surface area contributed by atoms with E-state index in [1.807, 2.05) is 0 Å². The van der Waals surface area contributed by atoms with E-state index in [1.54, 1.807) is 35.7 Å². The van der Waals surface area contributed by atoms with Gasteiger partial charge in [-0.3, -0.25) is 14.9 Å². The highest BCUT2D eigenvalue weighted by atomic mass is 35.5. The van der Waals surface area contributed by atoms with Gasteiger partial charge in [-0.2, -0.15) is 0 Å². The fraction of sp³-hybridized carbons (Fsp3) is 0.0714. The summed E-state index contributed by atoms with van der Waals surface area (Å²) in [6.45, 7) is 0. The first-order valence-electron chi connectivity index (χ1n) is 5.94. The van der Waals surface area contributed by atoms with Crippen LogP contribution in [0.15, 0.2) is 35.7 Å². The molecule has 1 aromatic heterocycles. The van der Waals surface area contributed by atoms with Gasteiger partial charge in [0.05, 0.1) is 12.1 Å². The Kier molecular flexibility index (Phi) is 5.08. The fourth-order valence-corrected chi connectivity index (χ4v) is 2.33. The number of nitrogens with zero attached hydrogens (tertiary/aromatic N) is 1. The van der Waals surface area contributed by atoms with Crippen molar-refractivity contribution in [3.63, 3.8) is 0 Å². The molecule has 2 rings (SSSR count). The number of rotatable bonds is 5. The standard InChI is InChI=1S/C14H11ClN2O3S/c15-10-4-1-9(2-5-10)3-6-12(18)17-14-16-11(8-21-14)7-13(19)20/h1-6,8H,7H2,(H,19,20)(H,16,17,18)/b6-3-. The largest absolute Gasteiger partial charge is 0.481 e. The quantitative estimate of drug-likeness (QED) is 0.829. The van der Waals surface area contributed by atoms with Crippen molar-refractivity contribution in [1.82, 2.24) is 4.98 Å². The van der Waals surface area contributed by atoms with Gasteiger partial charge in [0.1, 0.15) is 0 Å². The Hall–Kier alpha value is -2.18. The zero-order valence-electron chi connectivity index (χ0n) is 10.7. The monoisotopic (exact) mass is 322 g/mol. The Bertz CT molecular complexity index is 680. The van der Waals surface area contributed by atoms with Gasteiger partial charge in [0, 0.05) is 16.5 Å². The molecule has 5 nitrogen and oxygen atoms in total. The summed E-state index contributed by atoms with van der Waals surface area (Å²) in [6, 6.07) is 7.05. The molecule has 0 aliphatic rings. The highest BCUT2D eigenvalue weighted by molar-refractivity contribution is 7.14. The summed E-state index contributed by atoms with van der Waals surface area (Å²) in [7, 11) is 0. The van der Waals surface area contributed by atoms with Crippen molar-refractivity contribution >= 4 is 46.0 Å². The van der Waals surface area contributed by atoms with Crippen LogP contribution in [0.4, 0.5) is 5.13 Å². The molecule has 2 aromatic rings. The summed E-state index contributed by atoms with van der Waals surface area (Å²) >= 11 is 6.95. The molecule has 0 spiro atoms. The van der Waals surface area contributed by atoms with Crippen LogP contribution in [0.2, 0.25) is 5.02 Å². The van der Waals surface area contributed by atoms with E-state index >= 15 is 0 Å². The number of hydrogen-bond acceptors (Lipinski definition) is 4. The summed E-state index contributed by atoms with van der Waals surface area (Å²) in [5.41, 5.74) is 1.27. The predicted molar refractivity (Wildman–Crippen MR) is 82.6 cm³/mol. The number of benzene rings is 1. The van der Waals surface area contributed by atoms with Gasteiger partial charge < -0.3 is 5.11 Å². The van der Waals surface area contributed by atoms with E-state index in [0.29, 0.717) is 15.8 Å². The zero-order valence-corrected chi connectivity index (χ0v) is 12.3. The molecule has 1 heterocycles. The van der Waals surface area contributed by atoms with E-state index in [2.05, 4.69) is 10.3 Å². The molecule has 0 unspecified atom stereocenters. The Morgan fingerprint density at radius 2 is 2.05 bits per heavy atom. The number of aromatic nitrogens is 1. The average Bonchev–Trinajstić information content (AvgIpc) is 2.84. The number of carbonyl (C=O) groups is 2. The Labute approximate surface area is 129 Å². The lowest BCUT2D eigenvalue weighted by Gasteiger charge is -1.96. The second-order valence-electron chi connectivity index (χ2n) is 4.09. The van der Waals surface area contributed by atoms with Crippen LogP contribution in [0, 0.1) is 0 Å². The van der Waals surface area contributed by atoms with Crippen molar-refractivity contribution < 1.29 is 14.7 Å². The SMILES string of the molecule is O=C(O)Cc1csc(NC(=O)/C=C\c2ccc(Cl)cc2)n1. The van der Waals surface area contributed by atoms with E-state index in [-0.39, 0.29) is 12.3 Å². The maximum atomic E-state index is 11.7. The zero-order chi connectivity index (χ0) is 15.2. The summed E-state index contributed by atoms with van der Waals surface area (Å²) in [5.74, 6) is -1.29. The van der Waals surface area contributed by atoms with Gasteiger partial charge in [-0.1, -0.05) is 23.7 Å². The van der Waals surface area contributed by atoms with E-state index in [1.165, 1.54) is 17.4 Å². The van der Waals surface area contributed by atoms with Crippen LogP contribution in [0.25, 0.3) is 6.08 Å². The number of anilines is 1. The molecule has 21 heavy (non-hydrogen) atoms. The second kappa shape index (κ2) is 7.01. The molecule has 0 aliphatic carbocycles. The average molecular weight is 323 g/mol. The molecule has 1 amide bonds. The fourth-order valence-electron chi connectivity index (χ4n) is 1.49. The maximum absolute atomic E-state index is 11.7. The third-order valence-corrected chi connectivity index (χ3v) is 3.47.